The summed E-state index contributed by atoms with van der Waals surface area (Å²) >= 11 is 0. The number of aryl methyl sites for hydroxylation is 2. The van der Waals surface area contributed by atoms with Gasteiger partial charge in [-0.1, -0.05) is 19.9 Å². The van der Waals surface area contributed by atoms with Gasteiger partial charge in [0.25, 0.3) is 0 Å². The normalized spacial score (nSPS) is 13.9. The van der Waals surface area contributed by atoms with Crippen molar-refractivity contribution in [2.24, 2.45) is 5.92 Å². The van der Waals surface area contributed by atoms with Gasteiger partial charge in [0.1, 0.15) is 5.75 Å². The van der Waals surface area contributed by atoms with Gasteiger partial charge in [-0.2, -0.15) is 0 Å². The van der Waals surface area contributed by atoms with E-state index in [0.29, 0.717) is 0 Å². The fourth-order valence-corrected chi connectivity index (χ4v) is 2.42. The summed E-state index contributed by atoms with van der Waals surface area (Å²) in [4.78, 5) is 0. The molecule has 100 valence electrons. The van der Waals surface area contributed by atoms with Gasteiger partial charge in [0.05, 0.1) is 6.61 Å². The van der Waals surface area contributed by atoms with Crippen molar-refractivity contribution < 1.29 is 4.74 Å². The van der Waals surface area contributed by atoms with Gasteiger partial charge in [0, 0.05) is 0 Å². The van der Waals surface area contributed by atoms with E-state index in [-0.39, 0.29) is 0 Å². The molecular formula is C16H25NO. The zero-order valence-electron chi connectivity index (χ0n) is 11.7. The van der Waals surface area contributed by atoms with Crippen LogP contribution in [0.2, 0.25) is 0 Å². The van der Waals surface area contributed by atoms with Crippen LogP contribution in [0.1, 0.15) is 37.8 Å². The summed E-state index contributed by atoms with van der Waals surface area (Å²) in [5.74, 6) is 1.77. The fraction of sp³-hybridized carbons (Fsp3) is 0.625. The third-order valence-electron chi connectivity index (χ3n) is 3.39. The van der Waals surface area contributed by atoms with Crippen molar-refractivity contribution in [2.75, 3.05) is 19.7 Å². The Morgan fingerprint density at radius 3 is 2.89 bits per heavy atom. The van der Waals surface area contributed by atoms with E-state index < -0.39 is 0 Å². The number of ether oxygens (including phenoxy) is 1. The molecule has 0 amide bonds. The molecule has 0 spiro atoms. The summed E-state index contributed by atoms with van der Waals surface area (Å²) in [5, 5.41) is 3.43. The molecular weight excluding hydrogens is 222 g/mol. The highest BCUT2D eigenvalue weighted by Gasteiger charge is 2.10. The lowest BCUT2D eigenvalue weighted by atomic mass is 10.1. The molecule has 0 unspecified atom stereocenters. The van der Waals surface area contributed by atoms with Crippen LogP contribution in [-0.2, 0) is 12.8 Å². The van der Waals surface area contributed by atoms with Crippen LogP contribution >= 0.6 is 0 Å². The third kappa shape index (κ3) is 4.02. The summed E-state index contributed by atoms with van der Waals surface area (Å²) in [6.07, 6.45) is 4.85. The van der Waals surface area contributed by atoms with E-state index in [1.807, 2.05) is 0 Å². The molecule has 2 rings (SSSR count). The van der Waals surface area contributed by atoms with Crippen molar-refractivity contribution in [3.63, 3.8) is 0 Å². The SMILES string of the molecule is CC(C)CNCCCOc1ccc2c(c1)CCC2. The van der Waals surface area contributed by atoms with E-state index in [2.05, 4.69) is 37.4 Å². The maximum absolute atomic E-state index is 5.80. The van der Waals surface area contributed by atoms with Gasteiger partial charge in [-0.3, -0.25) is 0 Å². The second kappa shape index (κ2) is 6.79. The summed E-state index contributed by atoms with van der Waals surface area (Å²) in [7, 11) is 0. The Hall–Kier alpha value is -1.02. The second-order valence-corrected chi connectivity index (χ2v) is 5.58. The molecule has 1 aromatic rings. The molecule has 18 heavy (non-hydrogen) atoms. The average Bonchev–Trinajstić information content (AvgIpc) is 2.80. The van der Waals surface area contributed by atoms with E-state index in [1.54, 1.807) is 0 Å². The van der Waals surface area contributed by atoms with Gasteiger partial charge in [-0.25, -0.2) is 0 Å². The highest BCUT2D eigenvalue weighted by atomic mass is 16.5. The van der Waals surface area contributed by atoms with E-state index in [9.17, 15) is 0 Å². The van der Waals surface area contributed by atoms with Crippen LogP contribution in [-0.4, -0.2) is 19.7 Å². The van der Waals surface area contributed by atoms with Crippen LogP contribution in [0.25, 0.3) is 0 Å². The maximum atomic E-state index is 5.80. The third-order valence-corrected chi connectivity index (χ3v) is 3.39. The molecule has 0 saturated carbocycles. The van der Waals surface area contributed by atoms with Gasteiger partial charge >= 0.3 is 0 Å². The van der Waals surface area contributed by atoms with Crippen LogP contribution < -0.4 is 10.1 Å². The standard InChI is InChI=1S/C16H25NO/c1-13(2)12-17-9-4-10-18-16-8-7-14-5-3-6-15(14)11-16/h7-8,11,13,17H,3-6,9-10,12H2,1-2H3. The fourth-order valence-electron chi connectivity index (χ4n) is 2.42. The predicted octanol–water partition coefficient (Wildman–Crippen LogP) is 3.19. The first-order valence-corrected chi connectivity index (χ1v) is 7.21. The molecule has 2 heteroatoms. The van der Waals surface area contributed by atoms with E-state index in [4.69, 9.17) is 4.74 Å². The van der Waals surface area contributed by atoms with Gasteiger partial charge < -0.3 is 10.1 Å². The number of hydrogen-bond acceptors (Lipinski definition) is 2. The summed E-state index contributed by atoms with van der Waals surface area (Å²) in [6, 6.07) is 6.57. The molecule has 0 heterocycles. The molecule has 0 saturated heterocycles. The summed E-state index contributed by atoms with van der Waals surface area (Å²) < 4.78 is 5.80. The van der Waals surface area contributed by atoms with Crippen LogP contribution in [0.15, 0.2) is 18.2 Å². The van der Waals surface area contributed by atoms with Gasteiger partial charge in [0.15, 0.2) is 0 Å². The zero-order chi connectivity index (χ0) is 12.8. The monoisotopic (exact) mass is 247 g/mol. The molecule has 0 aliphatic heterocycles. The minimum atomic E-state index is 0.725. The molecule has 2 nitrogen and oxygen atoms in total. The van der Waals surface area contributed by atoms with Crippen molar-refractivity contribution in [3.05, 3.63) is 29.3 Å². The van der Waals surface area contributed by atoms with Crippen molar-refractivity contribution in [2.45, 2.75) is 39.5 Å². The largest absolute Gasteiger partial charge is 0.494 e. The highest BCUT2D eigenvalue weighted by molar-refractivity contribution is 5.38. The molecule has 1 aliphatic carbocycles. The molecule has 0 aromatic heterocycles. The number of fused-ring (bicyclic) bond motifs is 1. The highest BCUT2D eigenvalue weighted by Crippen LogP contribution is 2.25. The van der Waals surface area contributed by atoms with Crippen LogP contribution in [0, 0.1) is 5.92 Å². The summed E-state index contributed by atoms with van der Waals surface area (Å²) in [6.45, 7) is 7.41. The minimum Gasteiger partial charge on any atom is -0.494 e. The van der Waals surface area contributed by atoms with Crippen molar-refractivity contribution in [3.8, 4) is 5.75 Å². The van der Waals surface area contributed by atoms with Gasteiger partial charge in [-0.15, -0.1) is 0 Å². The Morgan fingerprint density at radius 1 is 1.22 bits per heavy atom. The Kier molecular flexibility index (Phi) is 5.06. The zero-order valence-corrected chi connectivity index (χ0v) is 11.7. The van der Waals surface area contributed by atoms with E-state index >= 15 is 0 Å². The number of nitrogens with one attached hydrogen (secondary N) is 1. The average molecular weight is 247 g/mol. The van der Waals surface area contributed by atoms with Crippen molar-refractivity contribution >= 4 is 0 Å². The minimum absolute atomic E-state index is 0.725. The lowest BCUT2D eigenvalue weighted by Gasteiger charge is -2.09. The molecule has 0 radical (unpaired) electrons. The molecule has 1 aromatic carbocycles. The van der Waals surface area contributed by atoms with Crippen LogP contribution in [0.3, 0.4) is 0 Å². The van der Waals surface area contributed by atoms with Gasteiger partial charge in [0.2, 0.25) is 0 Å². The maximum Gasteiger partial charge on any atom is 0.119 e. The lowest BCUT2D eigenvalue weighted by Crippen LogP contribution is -2.22. The van der Waals surface area contributed by atoms with E-state index in [1.165, 1.54) is 30.4 Å². The predicted molar refractivity (Wildman–Crippen MR) is 76.3 cm³/mol. The number of hydrogen-bond donors (Lipinski definition) is 1. The van der Waals surface area contributed by atoms with Gasteiger partial charge in [-0.05, 0) is 68.0 Å². The molecule has 1 aliphatic rings. The molecule has 1 N–H and O–H groups in total. The Labute approximate surface area is 111 Å². The quantitative estimate of drug-likeness (QED) is 0.747. The van der Waals surface area contributed by atoms with Crippen LogP contribution in [0.4, 0.5) is 0 Å². The molecule has 0 bridgehead atoms. The lowest BCUT2D eigenvalue weighted by molar-refractivity contribution is 0.307. The van der Waals surface area contributed by atoms with Crippen molar-refractivity contribution in [1.29, 1.82) is 0 Å². The smallest absolute Gasteiger partial charge is 0.119 e. The topological polar surface area (TPSA) is 21.3 Å². The van der Waals surface area contributed by atoms with Crippen molar-refractivity contribution in [1.82, 2.24) is 5.32 Å². The van der Waals surface area contributed by atoms with Crippen LogP contribution in [0.5, 0.6) is 5.75 Å². The Bertz CT molecular complexity index is 373. The first kappa shape index (κ1) is 13.4. The number of rotatable bonds is 7. The molecule has 0 fully saturated rings. The van der Waals surface area contributed by atoms with E-state index in [0.717, 1.165) is 37.8 Å². The first-order valence-electron chi connectivity index (χ1n) is 7.21. The summed E-state index contributed by atoms with van der Waals surface area (Å²) in [5.41, 5.74) is 3.01. The Morgan fingerprint density at radius 2 is 2.06 bits per heavy atom. The second-order valence-electron chi connectivity index (χ2n) is 5.58. The first-order chi connectivity index (χ1) is 8.75. The Balaban J connectivity index is 1.65. The number of benzene rings is 1. The molecule has 0 atom stereocenters.